The minimum atomic E-state index is -0.520. The SMILES string of the molecule is C=C(C)c1cccc(C(C)(C)NC(=O)Nc2cccc(Cl)c2)c1. The van der Waals surface area contributed by atoms with Crippen molar-refractivity contribution >= 4 is 28.9 Å². The van der Waals surface area contributed by atoms with Gasteiger partial charge in [0.15, 0.2) is 0 Å². The summed E-state index contributed by atoms with van der Waals surface area (Å²) in [6, 6.07) is 14.8. The number of urea groups is 1. The molecule has 3 nitrogen and oxygen atoms in total. The lowest BCUT2D eigenvalue weighted by Gasteiger charge is -2.27. The highest BCUT2D eigenvalue weighted by Gasteiger charge is 2.23. The molecule has 23 heavy (non-hydrogen) atoms. The van der Waals surface area contributed by atoms with Crippen LogP contribution >= 0.6 is 11.6 Å². The van der Waals surface area contributed by atoms with Crippen molar-refractivity contribution in [2.75, 3.05) is 5.32 Å². The first-order valence-corrected chi connectivity index (χ1v) is 7.77. The molecule has 0 spiro atoms. The zero-order valence-corrected chi connectivity index (χ0v) is 14.4. The zero-order chi connectivity index (χ0) is 17.0. The Balaban J connectivity index is 2.12. The predicted molar refractivity (Wildman–Crippen MR) is 97.8 cm³/mol. The number of carbonyl (C=O) groups excluding carboxylic acids is 1. The Kier molecular flexibility index (Phi) is 5.12. The number of carbonyl (C=O) groups is 1. The van der Waals surface area contributed by atoms with Crippen LogP contribution in [0.1, 0.15) is 31.9 Å². The van der Waals surface area contributed by atoms with Crippen LogP contribution in [0, 0.1) is 0 Å². The van der Waals surface area contributed by atoms with Crippen LogP contribution in [0.15, 0.2) is 55.1 Å². The average molecular weight is 329 g/mol. The molecule has 0 radical (unpaired) electrons. The fourth-order valence-corrected chi connectivity index (χ4v) is 2.45. The molecule has 2 rings (SSSR count). The molecule has 0 aliphatic rings. The normalized spacial score (nSPS) is 11.0. The fraction of sp³-hybridized carbons (Fsp3) is 0.211. The highest BCUT2D eigenvalue weighted by molar-refractivity contribution is 6.30. The van der Waals surface area contributed by atoms with Crippen molar-refractivity contribution in [1.29, 1.82) is 0 Å². The van der Waals surface area contributed by atoms with Crippen LogP contribution in [-0.2, 0) is 5.54 Å². The Labute approximate surface area is 142 Å². The molecular formula is C19H21ClN2O. The van der Waals surface area contributed by atoms with Crippen molar-refractivity contribution in [3.05, 3.63) is 71.3 Å². The molecule has 0 bridgehead atoms. The molecule has 0 atom stereocenters. The van der Waals surface area contributed by atoms with Crippen molar-refractivity contribution in [1.82, 2.24) is 5.32 Å². The first-order valence-electron chi connectivity index (χ1n) is 7.39. The van der Waals surface area contributed by atoms with Crippen molar-refractivity contribution < 1.29 is 4.79 Å². The van der Waals surface area contributed by atoms with Gasteiger partial charge in [0.05, 0.1) is 5.54 Å². The maximum atomic E-state index is 12.2. The quantitative estimate of drug-likeness (QED) is 0.772. The average Bonchev–Trinajstić information content (AvgIpc) is 2.46. The van der Waals surface area contributed by atoms with E-state index in [-0.39, 0.29) is 6.03 Å². The van der Waals surface area contributed by atoms with Crippen molar-refractivity contribution in [3.63, 3.8) is 0 Å². The van der Waals surface area contributed by atoms with E-state index in [1.807, 2.05) is 45.0 Å². The molecule has 0 saturated heterocycles. The Hall–Kier alpha value is -2.26. The summed E-state index contributed by atoms with van der Waals surface area (Å²) in [6.45, 7) is 9.85. The lowest BCUT2D eigenvalue weighted by Crippen LogP contribution is -2.43. The topological polar surface area (TPSA) is 41.1 Å². The van der Waals surface area contributed by atoms with E-state index in [1.165, 1.54) is 0 Å². The van der Waals surface area contributed by atoms with Crippen LogP contribution < -0.4 is 10.6 Å². The molecule has 2 N–H and O–H groups in total. The first kappa shape index (κ1) is 17.1. The standard InChI is InChI=1S/C19H21ClN2O/c1-13(2)14-7-5-8-15(11-14)19(3,4)22-18(23)21-17-10-6-9-16(20)12-17/h5-12H,1H2,2-4H3,(H2,21,22,23). The number of halogens is 1. The first-order chi connectivity index (χ1) is 10.8. The number of anilines is 1. The Morgan fingerprint density at radius 2 is 1.83 bits per heavy atom. The molecule has 4 heteroatoms. The van der Waals surface area contributed by atoms with E-state index in [1.54, 1.807) is 24.3 Å². The lowest BCUT2D eigenvalue weighted by molar-refractivity contribution is 0.242. The van der Waals surface area contributed by atoms with Gasteiger partial charge in [-0.3, -0.25) is 0 Å². The molecule has 0 aliphatic carbocycles. The summed E-state index contributed by atoms with van der Waals surface area (Å²) in [5.74, 6) is 0. The number of nitrogens with one attached hydrogen (secondary N) is 2. The van der Waals surface area contributed by atoms with E-state index in [0.717, 1.165) is 16.7 Å². The largest absolute Gasteiger partial charge is 0.329 e. The Morgan fingerprint density at radius 1 is 1.13 bits per heavy atom. The Morgan fingerprint density at radius 3 is 2.48 bits per heavy atom. The summed E-state index contributed by atoms with van der Waals surface area (Å²) in [5.41, 5.74) is 3.20. The fourth-order valence-electron chi connectivity index (χ4n) is 2.26. The van der Waals surface area contributed by atoms with Gasteiger partial charge in [-0.1, -0.05) is 48.0 Å². The molecule has 0 aromatic heterocycles. The van der Waals surface area contributed by atoms with E-state index < -0.39 is 5.54 Å². The second-order valence-electron chi connectivity index (χ2n) is 6.08. The highest BCUT2D eigenvalue weighted by Crippen LogP contribution is 2.24. The monoisotopic (exact) mass is 328 g/mol. The van der Waals surface area contributed by atoms with Gasteiger partial charge in [-0.15, -0.1) is 0 Å². The van der Waals surface area contributed by atoms with Crippen LogP contribution in [-0.4, -0.2) is 6.03 Å². The van der Waals surface area contributed by atoms with Gasteiger partial charge in [0.25, 0.3) is 0 Å². The molecule has 2 aromatic rings. The molecule has 2 aromatic carbocycles. The van der Waals surface area contributed by atoms with E-state index in [9.17, 15) is 4.79 Å². The number of benzene rings is 2. The molecule has 0 aliphatic heterocycles. The van der Waals surface area contributed by atoms with Crippen LogP contribution in [0.5, 0.6) is 0 Å². The van der Waals surface area contributed by atoms with Crippen molar-refractivity contribution in [2.45, 2.75) is 26.3 Å². The maximum absolute atomic E-state index is 12.2. The highest BCUT2D eigenvalue weighted by atomic mass is 35.5. The van der Waals surface area contributed by atoms with Crippen LogP contribution in [0.25, 0.3) is 5.57 Å². The summed E-state index contributed by atoms with van der Waals surface area (Å²) in [6.07, 6.45) is 0. The van der Waals surface area contributed by atoms with Gasteiger partial charge in [-0.05, 0) is 56.2 Å². The summed E-state index contributed by atoms with van der Waals surface area (Å²) in [5, 5.41) is 6.36. The predicted octanol–water partition coefficient (Wildman–Crippen LogP) is 5.43. The van der Waals surface area contributed by atoms with E-state index >= 15 is 0 Å². The van der Waals surface area contributed by atoms with E-state index in [2.05, 4.69) is 17.2 Å². The molecule has 0 unspecified atom stereocenters. The summed E-state index contributed by atoms with van der Waals surface area (Å²) >= 11 is 5.92. The van der Waals surface area contributed by atoms with Gasteiger partial charge in [0.2, 0.25) is 0 Å². The molecule has 0 saturated carbocycles. The maximum Gasteiger partial charge on any atom is 0.319 e. The minimum Gasteiger partial charge on any atom is -0.329 e. The third-order valence-corrected chi connectivity index (χ3v) is 3.82. The summed E-state index contributed by atoms with van der Waals surface area (Å²) in [4.78, 5) is 12.2. The number of allylic oxidation sites excluding steroid dienone is 1. The zero-order valence-electron chi connectivity index (χ0n) is 13.6. The molecular weight excluding hydrogens is 308 g/mol. The molecule has 0 fully saturated rings. The van der Waals surface area contributed by atoms with Crippen LogP contribution in [0.3, 0.4) is 0 Å². The second kappa shape index (κ2) is 6.88. The number of hydrogen-bond donors (Lipinski definition) is 2. The van der Waals surface area contributed by atoms with Crippen LogP contribution in [0.4, 0.5) is 10.5 Å². The van der Waals surface area contributed by atoms with Gasteiger partial charge in [0, 0.05) is 10.7 Å². The third kappa shape index (κ3) is 4.60. The van der Waals surface area contributed by atoms with Gasteiger partial charge in [-0.2, -0.15) is 0 Å². The van der Waals surface area contributed by atoms with Gasteiger partial charge >= 0.3 is 6.03 Å². The van der Waals surface area contributed by atoms with Gasteiger partial charge < -0.3 is 10.6 Å². The molecule has 0 heterocycles. The Bertz CT molecular complexity index is 738. The number of amides is 2. The molecule has 120 valence electrons. The second-order valence-corrected chi connectivity index (χ2v) is 6.51. The smallest absolute Gasteiger partial charge is 0.319 e. The molecule has 2 amide bonds. The van der Waals surface area contributed by atoms with Gasteiger partial charge in [0.1, 0.15) is 0 Å². The number of rotatable bonds is 4. The van der Waals surface area contributed by atoms with Crippen molar-refractivity contribution in [3.8, 4) is 0 Å². The minimum absolute atomic E-state index is 0.280. The third-order valence-electron chi connectivity index (χ3n) is 3.59. The lowest BCUT2D eigenvalue weighted by atomic mass is 9.92. The van der Waals surface area contributed by atoms with Crippen LogP contribution in [0.2, 0.25) is 5.02 Å². The van der Waals surface area contributed by atoms with E-state index in [4.69, 9.17) is 11.6 Å². The van der Waals surface area contributed by atoms with Gasteiger partial charge in [-0.25, -0.2) is 4.79 Å². The van der Waals surface area contributed by atoms with Crippen molar-refractivity contribution in [2.24, 2.45) is 0 Å². The summed E-state index contributed by atoms with van der Waals surface area (Å²) in [7, 11) is 0. The summed E-state index contributed by atoms with van der Waals surface area (Å²) < 4.78 is 0. The van der Waals surface area contributed by atoms with E-state index in [0.29, 0.717) is 10.7 Å². The number of hydrogen-bond acceptors (Lipinski definition) is 1.